The Balaban J connectivity index is 1.78. The Hall–Kier alpha value is -1.72. The molecule has 2 heterocycles. The summed E-state index contributed by atoms with van der Waals surface area (Å²) in [5, 5.41) is 9.88. The lowest BCUT2D eigenvalue weighted by atomic mass is 9.77. The van der Waals surface area contributed by atoms with Crippen LogP contribution in [-0.2, 0) is 6.54 Å². The molecule has 0 aliphatic carbocycles. The van der Waals surface area contributed by atoms with Gasteiger partial charge in [-0.2, -0.15) is 0 Å². The highest BCUT2D eigenvalue weighted by Crippen LogP contribution is 2.39. The predicted molar refractivity (Wildman–Crippen MR) is 92.8 cm³/mol. The molecular weight excluding hydrogens is 306 g/mol. The number of rotatable bonds is 6. The molecule has 1 fully saturated rings. The van der Waals surface area contributed by atoms with E-state index in [-0.39, 0.29) is 12.0 Å². The van der Waals surface area contributed by atoms with Crippen LogP contribution in [0.25, 0.3) is 0 Å². The molecule has 1 saturated heterocycles. The summed E-state index contributed by atoms with van der Waals surface area (Å²) in [6, 6.07) is 3.94. The first-order valence-corrected chi connectivity index (χ1v) is 8.60. The highest BCUT2D eigenvalue weighted by atomic mass is 16.6. The quantitative estimate of drug-likeness (QED) is 0.811. The van der Waals surface area contributed by atoms with Gasteiger partial charge in [-0.25, -0.2) is 0 Å². The first kappa shape index (κ1) is 17.1. The molecule has 0 saturated carbocycles. The molecule has 5 heteroatoms. The summed E-state index contributed by atoms with van der Waals surface area (Å²) in [5.74, 6) is 2.36. The van der Waals surface area contributed by atoms with Gasteiger partial charge in [0.2, 0.25) is 0 Å². The topological polar surface area (TPSA) is 51.2 Å². The van der Waals surface area contributed by atoms with Gasteiger partial charge < -0.3 is 19.3 Å². The molecule has 0 spiro atoms. The summed E-state index contributed by atoms with van der Waals surface area (Å²) in [7, 11) is 1.68. The van der Waals surface area contributed by atoms with E-state index in [0.717, 1.165) is 61.7 Å². The van der Waals surface area contributed by atoms with E-state index >= 15 is 0 Å². The molecule has 3 rings (SSSR count). The van der Waals surface area contributed by atoms with E-state index in [1.54, 1.807) is 7.11 Å². The van der Waals surface area contributed by atoms with Gasteiger partial charge in [0, 0.05) is 30.1 Å². The number of allylic oxidation sites excluding steroid dienone is 1. The van der Waals surface area contributed by atoms with E-state index in [1.165, 1.54) is 0 Å². The third-order valence-electron chi connectivity index (χ3n) is 4.99. The van der Waals surface area contributed by atoms with Crippen LogP contribution in [0.2, 0.25) is 0 Å². The zero-order valence-electron chi connectivity index (χ0n) is 14.4. The Morgan fingerprint density at radius 3 is 2.75 bits per heavy atom. The van der Waals surface area contributed by atoms with Gasteiger partial charge in [-0.1, -0.05) is 6.08 Å². The third-order valence-corrected chi connectivity index (χ3v) is 4.99. The van der Waals surface area contributed by atoms with Crippen LogP contribution in [0, 0.1) is 5.41 Å². The molecule has 0 radical (unpaired) electrons. The molecule has 0 aromatic heterocycles. The van der Waals surface area contributed by atoms with Crippen molar-refractivity contribution in [2.24, 2.45) is 5.41 Å². The van der Waals surface area contributed by atoms with Gasteiger partial charge in [0.25, 0.3) is 0 Å². The van der Waals surface area contributed by atoms with E-state index in [4.69, 9.17) is 14.2 Å². The second-order valence-corrected chi connectivity index (χ2v) is 6.77. The van der Waals surface area contributed by atoms with Crippen molar-refractivity contribution in [3.63, 3.8) is 0 Å². The SMILES string of the molecule is C=CCC1(CO)CCCN(Cc2cc3c(cc2OC)OCCO3)C1. The molecule has 1 unspecified atom stereocenters. The van der Waals surface area contributed by atoms with E-state index in [2.05, 4.69) is 11.5 Å². The van der Waals surface area contributed by atoms with Gasteiger partial charge in [-0.3, -0.25) is 4.90 Å². The van der Waals surface area contributed by atoms with Gasteiger partial charge in [-0.15, -0.1) is 6.58 Å². The van der Waals surface area contributed by atoms with Crippen LogP contribution in [0.15, 0.2) is 24.8 Å². The number of likely N-dealkylation sites (tertiary alicyclic amines) is 1. The van der Waals surface area contributed by atoms with Crippen molar-refractivity contribution in [2.45, 2.75) is 25.8 Å². The van der Waals surface area contributed by atoms with Gasteiger partial charge in [0.15, 0.2) is 11.5 Å². The summed E-state index contributed by atoms with van der Waals surface area (Å²) in [6.45, 7) is 7.87. The Bertz CT molecular complexity index is 589. The predicted octanol–water partition coefficient (Wildman–Crippen LogP) is 2.62. The van der Waals surface area contributed by atoms with Crippen LogP contribution in [0.5, 0.6) is 17.2 Å². The molecule has 24 heavy (non-hydrogen) atoms. The summed E-state index contributed by atoms with van der Waals surface area (Å²) in [6.07, 6.45) is 4.90. The van der Waals surface area contributed by atoms with Crippen LogP contribution < -0.4 is 14.2 Å². The Labute approximate surface area is 143 Å². The monoisotopic (exact) mass is 333 g/mol. The molecule has 0 amide bonds. The maximum Gasteiger partial charge on any atom is 0.165 e. The minimum atomic E-state index is -0.0684. The minimum Gasteiger partial charge on any atom is -0.496 e. The number of hydrogen-bond acceptors (Lipinski definition) is 5. The normalized spacial score (nSPS) is 23.8. The van der Waals surface area contributed by atoms with E-state index in [9.17, 15) is 5.11 Å². The zero-order chi connectivity index (χ0) is 17.0. The lowest BCUT2D eigenvalue weighted by molar-refractivity contribution is 0.0305. The number of methoxy groups -OCH3 is 1. The number of aliphatic hydroxyl groups is 1. The van der Waals surface area contributed by atoms with E-state index in [0.29, 0.717) is 13.2 Å². The Morgan fingerprint density at radius 2 is 2.08 bits per heavy atom. The number of fused-ring (bicyclic) bond motifs is 1. The minimum absolute atomic E-state index is 0.0684. The largest absolute Gasteiger partial charge is 0.496 e. The number of piperidine rings is 1. The summed E-state index contributed by atoms with van der Waals surface area (Å²) >= 11 is 0. The van der Waals surface area contributed by atoms with Gasteiger partial charge in [-0.05, 0) is 31.9 Å². The van der Waals surface area contributed by atoms with E-state index in [1.807, 2.05) is 18.2 Å². The van der Waals surface area contributed by atoms with Crippen molar-refractivity contribution in [1.29, 1.82) is 0 Å². The molecule has 132 valence electrons. The van der Waals surface area contributed by atoms with Crippen molar-refractivity contribution in [2.75, 3.05) is 40.0 Å². The number of ether oxygens (including phenoxy) is 3. The second kappa shape index (κ2) is 7.45. The van der Waals surface area contributed by atoms with Crippen molar-refractivity contribution < 1.29 is 19.3 Å². The van der Waals surface area contributed by atoms with Crippen LogP contribution in [-0.4, -0.2) is 50.0 Å². The lowest BCUT2D eigenvalue weighted by Crippen LogP contribution is -2.44. The molecule has 5 nitrogen and oxygen atoms in total. The molecule has 1 N–H and O–H groups in total. The lowest BCUT2D eigenvalue weighted by Gasteiger charge is -2.41. The van der Waals surface area contributed by atoms with Crippen molar-refractivity contribution in [1.82, 2.24) is 4.90 Å². The average Bonchev–Trinajstić information content (AvgIpc) is 2.61. The van der Waals surface area contributed by atoms with Crippen LogP contribution in [0.4, 0.5) is 0 Å². The van der Waals surface area contributed by atoms with Crippen molar-refractivity contribution >= 4 is 0 Å². The highest BCUT2D eigenvalue weighted by molar-refractivity contribution is 5.51. The maximum atomic E-state index is 9.88. The number of nitrogens with zero attached hydrogens (tertiary/aromatic N) is 1. The van der Waals surface area contributed by atoms with Crippen molar-refractivity contribution in [3.05, 3.63) is 30.4 Å². The molecule has 1 aromatic carbocycles. The molecule has 2 aliphatic heterocycles. The fourth-order valence-electron chi connectivity index (χ4n) is 3.78. The fraction of sp³-hybridized carbons (Fsp3) is 0.579. The second-order valence-electron chi connectivity index (χ2n) is 6.77. The molecule has 1 aromatic rings. The smallest absolute Gasteiger partial charge is 0.165 e. The van der Waals surface area contributed by atoms with E-state index < -0.39 is 0 Å². The van der Waals surface area contributed by atoms with Gasteiger partial charge in [0.1, 0.15) is 19.0 Å². The van der Waals surface area contributed by atoms with Gasteiger partial charge >= 0.3 is 0 Å². The van der Waals surface area contributed by atoms with Crippen LogP contribution in [0.1, 0.15) is 24.8 Å². The molecular formula is C19H27NO4. The summed E-state index contributed by atoms with van der Waals surface area (Å²) in [4.78, 5) is 2.39. The number of benzene rings is 1. The average molecular weight is 333 g/mol. The van der Waals surface area contributed by atoms with Crippen LogP contribution >= 0.6 is 0 Å². The molecule has 0 bridgehead atoms. The Kier molecular flexibility index (Phi) is 5.31. The summed E-state index contributed by atoms with van der Waals surface area (Å²) < 4.78 is 16.9. The summed E-state index contributed by atoms with van der Waals surface area (Å²) in [5.41, 5.74) is 1.02. The first-order valence-electron chi connectivity index (χ1n) is 8.60. The third kappa shape index (κ3) is 3.52. The molecule has 2 aliphatic rings. The number of aliphatic hydroxyl groups excluding tert-OH is 1. The number of hydrogen-bond donors (Lipinski definition) is 1. The fourth-order valence-corrected chi connectivity index (χ4v) is 3.78. The maximum absolute atomic E-state index is 9.88. The van der Waals surface area contributed by atoms with Gasteiger partial charge in [0.05, 0.1) is 13.7 Å². The Morgan fingerprint density at radius 1 is 1.33 bits per heavy atom. The van der Waals surface area contributed by atoms with Crippen molar-refractivity contribution in [3.8, 4) is 17.2 Å². The highest BCUT2D eigenvalue weighted by Gasteiger charge is 2.34. The standard InChI is InChI=1S/C19H27NO4/c1-3-5-19(14-21)6-4-7-20(13-19)12-15-10-17-18(11-16(15)22-2)24-9-8-23-17/h3,10-11,21H,1,4-9,12-14H2,2H3. The zero-order valence-corrected chi connectivity index (χ0v) is 14.4. The first-order chi connectivity index (χ1) is 11.7. The van der Waals surface area contributed by atoms with Crippen LogP contribution in [0.3, 0.4) is 0 Å². The molecule has 1 atom stereocenters.